The second-order valence-electron chi connectivity index (χ2n) is 9.53. The Labute approximate surface area is 175 Å². The third-order valence-corrected chi connectivity index (χ3v) is 5.58. The zero-order valence-electron chi connectivity index (χ0n) is 18.5. The molecule has 1 atom stereocenters. The van der Waals surface area contributed by atoms with E-state index in [4.69, 9.17) is 0 Å². The maximum absolute atomic E-state index is 12.5. The molecular weight excluding hydrogens is 358 g/mol. The van der Waals surface area contributed by atoms with Crippen LogP contribution in [0, 0.1) is 5.41 Å². The molecule has 1 heterocycles. The van der Waals surface area contributed by atoms with Gasteiger partial charge in [0.25, 0.3) is 0 Å². The lowest BCUT2D eigenvalue weighted by Crippen LogP contribution is -2.41. The van der Waals surface area contributed by atoms with Crippen LogP contribution in [0.15, 0.2) is 48.5 Å². The number of amides is 1. The molecule has 0 radical (unpaired) electrons. The van der Waals surface area contributed by atoms with Gasteiger partial charge in [-0.15, -0.1) is 0 Å². The van der Waals surface area contributed by atoms with Gasteiger partial charge in [0.15, 0.2) is 0 Å². The second-order valence-corrected chi connectivity index (χ2v) is 9.53. The lowest BCUT2D eigenvalue weighted by molar-refractivity contribution is -0.123. The number of anilines is 1. The van der Waals surface area contributed by atoms with Crippen LogP contribution in [-0.4, -0.2) is 38.0 Å². The summed E-state index contributed by atoms with van der Waals surface area (Å²) in [5, 5.41) is 3.21. The smallest absolute Gasteiger partial charge is 0.220 e. The van der Waals surface area contributed by atoms with Gasteiger partial charge in [-0.3, -0.25) is 9.69 Å². The molecule has 1 aliphatic rings. The van der Waals surface area contributed by atoms with E-state index in [0.717, 1.165) is 19.5 Å². The van der Waals surface area contributed by atoms with Crippen LogP contribution in [0.1, 0.15) is 49.9 Å². The summed E-state index contributed by atoms with van der Waals surface area (Å²) in [7, 11) is 4.11. The van der Waals surface area contributed by atoms with E-state index in [1.807, 2.05) is 0 Å². The average molecular weight is 394 g/mol. The van der Waals surface area contributed by atoms with E-state index in [-0.39, 0.29) is 17.4 Å². The van der Waals surface area contributed by atoms with Crippen LogP contribution < -0.4 is 10.2 Å². The van der Waals surface area contributed by atoms with Crippen molar-refractivity contribution >= 4 is 11.6 Å². The molecule has 0 bridgehead atoms. The number of nitrogens with one attached hydrogen (secondary N) is 1. The van der Waals surface area contributed by atoms with E-state index in [1.165, 1.54) is 22.4 Å². The molecule has 1 amide bonds. The minimum Gasteiger partial charge on any atom is -0.378 e. The predicted molar refractivity (Wildman–Crippen MR) is 121 cm³/mol. The van der Waals surface area contributed by atoms with E-state index in [9.17, 15) is 4.79 Å². The Bertz CT molecular complexity index is 821. The van der Waals surface area contributed by atoms with Crippen LogP contribution in [0.4, 0.5) is 5.69 Å². The normalized spacial score (nSPS) is 15.5. The van der Waals surface area contributed by atoms with Gasteiger partial charge in [-0.2, -0.15) is 0 Å². The molecule has 3 rings (SSSR count). The first-order valence-corrected chi connectivity index (χ1v) is 10.6. The van der Waals surface area contributed by atoms with Gasteiger partial charge in [0, 0.05) is 45.8 Å². The van der Waals surface area contributed by atoms with Crippen LogP contribution in [0.5, 0.6) is 0 Å². The molecule has 4 nitrogen and oxygen atoms in total. The van der Waals surface area contributed by atoms with Crippen molar-refractivity contribution in [2.45, 2.75) is 46.2 Å². The van der Waals surface area contributed by atoms with E-state index in [0.29, 0.717) is 13.0 Å². The van der Waals surface area contributed by atoms with Gasteiger partial charge in [-0.1, -0.05) is 57.2 Å². The van der Waals surface area contributed by atoms with Crippen LogP contribution in [0.3, 0.4) is 0 Å². The first-order valence-electron chi connectivity index (χ1n) is 10.6. The van der Waals surface area contributed by atoms with Gasteiger partial charge in [-0.05, 0) is 40.7 Å². The molecule has 0 aromatic heterocycles. The van der Waals surface area contributed by atoms with E-state index in [2.05, 4.69) is 98.5 Å². The van der Waals surface area contributed by atoms with Crippen molar-refractivity contribution in [1.82, 2.24) is 10.2 Å². The fraction of sp³-hybridized carbons (Fsp3) is 0.480. The largest absolute Gasteiger partial charge is 0.378 e. The number of rotatable bonds is 6. The zero-order chi connectivity index (χ0) is 21.0. The number of benzene rings is 2. The minimum absolute atomic E-state index is 0.00297. The van der Waals surface area contributed by atoms with Crippen molar-refractivity contribution in [2.75, 3.05) is 32.1 Å². The lowest BCUT2D eigenvalue weighted by Gasteiger charge is -2.36. The van der Waals surface area contributed by atoms with E-state index in [1.54, 1.807) is 0 Å². The van der Waals surface area contributed by atoms with Gasteiger partial charge in [0.2, 0.25) is 5.91 Å². The number of hydrogen-bond acceptors (Lipinski definition) is 3. The Balaban J connectivity index is 1.79. The van der Waals surface area contributed by atoms with Crippen LogP contribution in [-0.2, 0) is 17.8 Å². The Morgan fingerprint density at radius 1 is 1.07 bits per heavy atom. The maximum Gasteiger partial charge on any atom is 0.220 e. The van der Waals surface area contributed by atoms with Gasteiger partial charge >= 0.3 is 0 Å². The summed E-state index contributed by atoms with van der Waals surface area (Å²) in [6, 6.07) is 17.6. The predicted octanol–water partition coefficient (Wildman–Crippen LogP) is 4.40. The van der Waals surface area contributed by atoms with Gasteiger partial charge < -0.3 is 10.2 Å². The number of hydrogen-bond donors (Lipinski definition) is 1. The molecule has 0 saturated carbocycles. The topological polar surface area (TPSA) is 35.6 Å². The van der Waals surface area contributed by atoms with Crippen molar-refractivity contribution in [2.24, 2.45) is 5.41 Å². The summed E-state index contributed by atoms with van der Waals surface area (Å²) in [5.41, 5.74) is 5.29. The number of carbonyl (C=O) groups is 1. The second kappa shape index (κ2) is 9.00. The molecule has 1 N–H and O–H groups in total. The highest BCUT2D eigenvalue weighted by molar-refractivity contribution is 5.76. The molecule has 0 spiro atoms. The Morgan fingerprint density at radius 2 is 1.72 bits per heavy atom. The minimum atomic E-state index is -0.00297. The molecule has 2 aromatic carbocycles. The zero-order valence-corrected chi connectivity index (χ0v) is 18.5. The summed E-state index contributed by atoms with van der Waals surface area (Å²) in [6.45, 7) is 8.87. The molecule has 156 valence electrons. The van der Waals surface area contributed by atoms with Crippen LogP contribution in [0.2, 0.25) is 0 Å². The molecule has 0 aliphatic carbocycles. The molecule has 1 aliphatic heterocycles. The SMILES string of the molecule is CN(C)c1ccc([C@H](CNC(=O)CC(C)(C)C)N2CCc3ccccc3C2)cc1. The summed E-state index contributed by atoms with van der Waals surface area (Å²) < 4.78 is 0. The standard InChI is InChI=1S/C25H35N3O/c1-25(2,3)16-24(29)26-17-23(20-10-12-22(13-11-20)27(4)5)28-15-14-19-8-6-7-9-21(19)18-28/h6-13,23H,14-18H2,1-5H3,(H,26,29)/t23-/m0/s1. The molecule has 29 heavy (non-hydrogen) atoms. The van der Waals surface area contributed by atoms with Crippen LogP contribution in [0.25, 0.3) is 0 Å². The summed E-state index contributed by atoms with van der Waals surface area (Å²) >= 11 is 0. The average Bonchev–Trinajstić information content (AvgIpc) is 2.67. The molecule has 0 fully saturated rings. The maximum atomic E-state index is 12.5. The summed E-state index contributed by atoms with van der Waals surface area (Å²) in [6.07, 6.45) is 1.60. The number of nitrogens with zero attached hydrogens (tertiary/aromatic N) is 2. The third kappa shape index (κ3) is 5.83. The van der Waals surface area contributed by atoms with Crippen molar-refractivity contribution in [3.63, 3.8) is 0 Å². The highest BCUT2D eigenvalue weighted by Crippen LogP contribution is 2.29. The quantitative estimate of drug-likeness (QED) is 0.790. The molecule has 0 unspecified atom stereocenters. The third-order valence-electron chi connectivity index (χ3n) is 5.58. The van der Waals surface area contributed by atoms with Gasteiger partial charge in [0.1, 0.15) is 0 Å². The van der Waals surface area contributed by atoms with E-state index >= 15 is 0 Å². The van der Waals surface area contributed by atoms with Gasteiger partial charge in [0.05, 0.1) is 6.04 Å². The molecule has 2 aromatic rings. The first-order chi connectivity index (χ1) is 13.7. The lowest BCUT2D eigenvalue weighted by atomic mass is 9.92. The van der Waals surface area contributed by atoms with Crippen molar-refractivity contribution in [3.8, 4) is 0 Å². The molecular formula is C25H35N3O. The molecule has 0 saturated heterocycles. The van der Waals surface area contributed by atoms with Crippen LogP contribution >= 0.6 is 0 Å². The first kappa shape index (κ1) is 21.4. The number of carbonyl (C=O) groups excluding carboxylic acids is 1. The fourth-order valence-corrected chi connectivity index (χ4v) is 3.99. The van der Waals surface area contributed by atoms with Crippen molar-refractivity contribution in [3.05, 3.63) is 65.2 Å². The van der Waals surface area contributed by atoms with Gasteiger partial charge in [-0.25, -0.2) is 0 Å². The summed E-state index contributed by atoms with van der Waals surface area (Å²) in [5.74, 6) is 0.129. The highest BCUT2D eigenvalue weighted by Gasteiger charge is 2.26. The Kier molecular flexibility index (Phi) is 6.63. The van der Waals surface area contributed by atoms with Crippen molar-refractivity contribution in [1.29, 1.82) is 0 Å². The Morgan fingerprint density at radius 3 is 2.34 bits per heavy atom. The molecule has 4 heteroatoms. The summed E-state index contributed by atoms with van der Waals surface area (Å²) in [4.78, 5) is 17.1. The monoisotopic (exact) mass is 393 g/mol. The fourth-order valence-electron chi connectivity index (χ4n) is 3.99. The number of fused-ring (bicyclic) bond motifs is 1. The highest BCUT2D eigenvalue weighted by atomic mass is 16.1. The Hall–Kier alpha value is -2.33. The van der Waals surface area contributed by atoms with Crippen molar-refractivity contribution < 1.29 is 4.79 Å². The van der Waals surface area contributed by atoms with E-state index < -0.39 is 0 Å².